The number of anilines is 1. The second-order valence-electron chi connectivity index (χ2n) is 3.82. The maximum atomic E-state index is 12.1. The number of hydrogen-bond donors (Lipinski definition) is 2. The van der Waals surface area contributed by atoms with Crippen LogP contribution >= 0.6 is 0 Å². The van der Waals surface area contributed by atoms with E-state index in [0.29, 0.717) is 17.3 Å². The van der Waals surface area contributed by atoms with Crippen LogP contribution in [0.25, 0.3) is 0 Å². The monoisotopic (exact) mass is 278 g/mol. The van der Waals surface area contributed by atoms with E-state index < -0.39 is 0 Å². The first-order valence-electron chi connectivity index (χ1n) is 5.70. The summed E-state index contributed by atoms with van der Waals surface area (Å²) in [7, 11) is 2.96. The van der Waals surface area contributed by atoms with Crippen molar-refractivity contribution in [3.05, 3.63) is 29.9 Å². The molecule has 106 valence electrons. The van der Waals surface area contributed by atoms with Crippen molar-refractivity contribution in [1.82, 2.24) is 15.5 Å². The Morgan fingerprint density at radius 1 is 1.40 bits per heavy atom. The number of carbonyl (C=O) groups is 1. The fourth-order valence-corrected chi connectivity index (χ4v) is 1.60. The third-order valence-corrected chi connectivity index (χ3v) is 2.63. The number of nitrogen functional groups attached to an aromatic ring is 1. The number of hydrogen-bond acceptors (Lipinski definition) is 7. The van der Waals surface area contributed by atoms with Crippen LogP contribution in [0.5, 0.6) is 11.5 Å². The standard InChI is InChI=1S/C12H14N4O4/c1-18-7-3-8(11(13)9(4-7)19-2)12(17)14-5-10-15-6-20-16-10/h3-4,6H,5,13H2,1-2H3,(H,14,17). The van der Waals surface area contributed by atoms with Gasteiger partial charge in [0.1, 0.15) is 11.5 Å². The van der Waals surface area contributed by atoms with E-state index in [1.165, 1.54) is 26.7 Å². The molecule has 0 saturated carbocycles. The molecule has 8 nitrogen and oxygen atoms in total. The van der Waals surface area contributed by atoms with Crippen LogP contribution in [-0.4, -0.2) is 30.3 Å². The highest BCUT2D eigenvalue weighted by atomic mass is 16.5. The van der Waals surface area contributed by atoms with E-state index in [1.807, 2.05) is 0 Å². The zero-order valence-corrected chi connectivity index (χ0v) is 11.0. The van der Waals surface area contributed by atoms with Crippen molar-refractivity contribution in [2.75, 3.05) is 20.0 Å². The highest BCUT2D eigenvalue weighted by molar-refractivity contribution is 6.00. The number of nitrogens with two attached hydrogens (primary N) is 1. The van der Waals surface area contributed by atoms with E-state index in [2.05, 4.69) is 20.0 Å². The molecule has 1 amide bonds. The summed E-state index contributed by atoms with van der Waals surface area (Å²) in [4.78, 5) is 15.9. The van der Waals surface area contributed by atoms with Crippen LogP contribution in [0.1, 0.15) is 16.2 Å². The van der Waals surface area contributed by atoms with Crippen LogP contribution in [0.4, 0.5) is 5.69 Å². The SMILES string of the molecule is COc1cc(OC)c(N)c(C(=O)NCc2ncon2)c1. The molecule has 0 unspecified atom stereocenters. The van der Waals surface area contributed by atoms with Gasteiger partial charge in [-0.05, 0) is 6.07 Å². The fourth-order valence-electron chi connectivity index (χ4n) is 1.60. The lowest BCUT2D eigenvalue weighted by Crippen LogP contribution is -2.24. The smallest absolute Gasteiger partial charge is 0.254 e. The summed E-state index contributed by atoms with van der Waals surface area (Å²) in [5.74, 6) is 0.825. The average Bonchev–Trinajstić information content (AvgIpc) is 2.98. The minimum atomic E-state index is -0.385. The van der Waals surface area contributed by atoms with Crippen LogP contribution in [0, 0.1) is 0 Å². The Labute approximate surface area is 114 Å². The van der Waals surface area contributed by atoms with Crippen molar-refractivity contribution in [2.24, 2.45) is 0 Å². The Balaban J connectivity index is 2.20. The fraction of sp³-hybridized carbons (Fsp3) is 0.250. The molecule has 1 heterocycles. The van der Waals surface area contributed by atoms with Gasteiger partial charge in [-0.25, -0.2) is 0 Å². The summed E-state index contributed by atoms with van der Waals surface area (Å²) in [6.45, 7) is 0.133. The molecule has 0 aliphatic carbocycles. The third-order valence-electron chi connectivity index (χ3n) is 2.63. The lowest BCUT2D eigenvalue weighted by molar-refractivity contribution is 0.0950. The predicted octanol–water partition coefficient (Wildman–Crippen LogP) is 0.599. The lowest BCUT2D eigenvalue weighted by atomic mass is 10.1. The maximum absolute atomic E-state index is 12.1. The summed E-state index contributed by atoms with van der Waals surface area (Å²) < 4.78 is 14.8. The number of carbonyl (C=O) groups excluding carboxylic acids is 1. The minimum Gasteiger partial charge on any atom is -0.497 e. The Morgan fingerprint density at radius 2 is 2.20 bits per heavy atom. The molecule has 1 aromatic carbocycles. The Morgan fingerprint density at radius 3 is 2.80 bits per heavy atom. The van der Waals surface area contributed by atoms with Gasteiger partial charge in [-0.2, -0.15) is 4.98 Å². The number of ether oxygens (including phenoxy) is 2. The normalized spacial score (nSPS) is 10.1. The molecule has 0 atom stereocenters. The number of amides is 1. The number of benzene rings is 1. The minimum absolute atomic E-state index is 0.133. The van der Waals surface area contributed by atoms with Crippen molar-refractivity contribution in [3.63, 3.8) is 0 Å². The average molecular weight is 278 g/mol. The number of methoxy groups -OCH3 is 2. The van der Waals surface area contributed by atoms with Crippen molar-refractivity contribution in [2.45, 2.75) is 6.54 Å². The quantitative estimate of drug-likeness (QED) is 0.770. The van der Waals surface area contributed by atoms with Gasteiger partial charge < -0.3 is 25.0 Å². The van der Waals surface area contributed by atoms with Gasteiger partial charge >= 0.3 is 0 Å². The van der Waals surface area contributed by atoms with Gasteiger partial charge in [-0.15, -0.1) is 0 Å². The van der Waals surface area contributed by atoms with E-state index in [1.54, 1.807) is 6.07 Å². The van der Waals surface area contributed by atoms with Crippen molar-refractivity contribution < 1.29 is 18.8 Å². The number of nitrogens with one attached hydrogen (secondary N) is 1. The van der Waals surface area contributed by atoms with Crippen LogP contribution in [0.3, 0.4) is 0 Å². The predicted molar refractivity (Wildman–Crippen MR) is 69.4 cm³/mol. The summed E-state index contributed by atoms with van der Waals surface area (Å²) in [6, 6.07) is 3.13. The number of aromatic nitrogens is 2. The largest absolute Gasteiger partial charge is 0.497 e. The second-order valence-corrected chi connectivity index (χ2v) is 3.82. The van der Waals surface area contributed by atoms with E-state index in [9.17, 15) is 4.79 Å². The summed E-state index contributed by atoms with van der Waals surface area (Å²) in [6.07, 6.45) is 1.18. The molecule has 0 radical (unpaired) electrons. The number of nitrogens with zero attached hydrogens (tertiary/aromatic N) is 2. The highest BCUT2D eigenvalue weighted by Gasteiger charge is 2.16. The van der Waals surface area contributed by atoms with Gasteiger partial charge in [0.25, 0.3) is 5.91 Å². The molecule has 1 aromatic heterocycles. The topological polar surface area (TPSA) is 112 Å². The summed E-state index contributed by atoms with van der Waals surface area (Å²) in [5.41, 5.74) is 6.37. The molecule has 0 fully saturated rings. The second kappa shape index (κ2) is 5.91. The Hall–Kier alpha value is -2.77. The van der Waals surface area contributed by atoms with Gasteiger partial charge in [0, 0.05) is 6.07 Å². The van der Waals surface area contributed by atoms with Crippen molar-refractivity contribution >= 4 is 11.6 Å². The first kappa shape index (κ1) is 13.7. The molecule has 8 heteroatoms. The van der Waals surface area contributed by atoms with E-state index >= 15 is 0 Å². The van der Waals surface area contributed by atoms with Crippen molar-refractivity contribution in [3.8, 4) is 11.5 Å². The molecule has 3 N–H and O–H groups in total. The Kier molecular flexibility index (Phi) is 4.04. The van der Waals surface area contributed by atoms with E-state index in [4.69, 9.17) is 15.2 Å². The molecular weight excluding hydrogens is 264 g/mol. The zero-order valence-electron chi connectivity index (χ0n) is 11.0. The molecule has 2 rings (SSSR count). The van der Waals surface area contributed by atoms with Crippen molar-refractivity contribution in [1.29, 1.82) is 0 Å². The molecule has 20 heavy (non-hydrogen) atoms. The van der Waals surface area contributed by atoms with Crippen LogP contribution in [0.2, 0.25) is 0 Å². The molecule has 0 saturated heterocycles. The zero-order chi connectivity index (χ0) is 14.5. The van der Waals surface area contributed by atoms with Gasteiger partial charge in [0.15, 0.2) is 5.82 Å². The van der Waals surface area contributed by atoms with Crippen LogP contribution in [0.15, 0.2) is 23.0 Å². The molecular formula is C12H14N4O4. The molecule has 0 spiro atoms. The van der Waals surface area contributed by atoms with Gasteiger partial charge in [-0.1, -0.05) is 5.16 Å². The van der Waals surface area contributed by atoms with Crippen LogP contribution in [-0.2, 0) is 6.54 Å². The molecule has 0 aliphatic rings. The summed E-state index contributed by atoms with van der Waals surface area (Å²) in [5, 5.41) is 6.22. The van der Waals surface area contributed by atoms with Crippen LogP contribution < -0.4 is 20.5 Å². The lowest BCUT2D eigenvalue weighted by Gasteiger charge is -2.12. The maximum Gasteiger partial charge on any atom is 0.254 e. The van der Waals surface area contributed by atoms with E-state index in [-0.39, 0.29) is 23.7 Å². The van der Waals surface area contributed by atoms with Gasteiger partial charge in [-0.3, -0.25) is 4.79 Å². The highest BCUT2D eigenvalue weighted by Crippen LogP contribution is 2.30. The first-order chi connectivity index (χ1) is 9.65. The Bertz CT molecular complexity index is 598. The van der Waals surface area contributed by atoms with Gasteiger partial charge in [0.2, 0.25) is 6.39 Å². The molecule has 2 aromatic rings. The summed E-state index contributed by atoms with van der Waals surface area (Å²) >= 11 is 0. The van der Waals surface area contributed by atoms with Gasteiger partial charge in [0.05, 0.1) is 32.0 Å². The van der Waals surface area contributed by atoms with E-state index in [0.717, 1.165) is 0 Å². The first-order valence-corrected chi connectivity index (χ1v) is 5.70. The number of rotatable bonds is 5. The molecule has 0 bridgehead atoms. The molecule has 0 aliphatic heterocycles. The third kappa shape index (κ3) is 2.79.